The van der Waals surface area contributed by atoms with Gasteiger partial charge in [0.25, 0.3) is 5.91 Å². The van der Waals surface area contributed by atoms with E-state index in [1.807, 2.05) is 0 Å². The van der Waals surface area contributed by atoms with Crippen LogP contribution in [0.2, 0.25) is 0 Å². The van der Waals surface area contributed by atoms with Crippen molar-refractivity contribution in [3.05, 3.63) is 17.5 Å². The van der Waals surface area contributed by atoms with E-state index in [0.717, 1.165) is 4.68 Å². The molecule has 1 aromatic rings. The SMILES string of the molecule is CCn1cc(C(=O)N2C[C@@H](C)O[C@@]3(CCOC3)C2)c(C(F)(F)F)n1. The molecule has 0 aliphatic carbocycles. The van der Waals surface area contributed by atoms with Gasteiger partial charge in [-0.25, -0.2) is 0 Å². The number of alkyl halides is 3. The second kappa shape index (κ2) is 6.03. The summed E-state index contributed by atoms with van der Waals surface area (Å²) in [5.74, 6) is -0.663. The van der Waals surface area contributed by atoms with Gasteiger partial charge in [-0.15, -0.1) is 0 Å². The molecule has 0 saturated carbocycles. The molecule has 0 N–H and O–H groups in total. The predicted molar refractivity (Wildman–Crippen MR) is 77.5 cm³/mol. The van der Waals surface area contributed by atoms with Crippen LogP contribution in [-0.4, -0.2) is 58.6 Å². The maximum atomic E-state index is 13.2. The molecule has 24 heavy (non-hydrogen) atoms. The Kier molecular flexibility index (Phi) is 4.33. The maximum absolute atomic E-state index is 13.2. The fourth-order valence-corrected chi connectivity index (χ4v) is 3.30. The van der Waals surface area contributed by atoms with Gasteiger partial charge >= 0.3 is 6.18 Å². The number of halogens is 3. The van der Waals surface area contributed by atoms with Gasteiger partial charge in [0.1, 0.15) is 5.60 Å². The molecule has 2 atom stereocenters. The highest BCUT2D eigenvalue weighted by atomic mass is 19.4. The van der Waals surface area contributed by atoms with Crippen LogP contribution >= 0.6 is 0 Å². The first kappa shape index (κ1) is 17.2. The van der Waals surface area contributed by atoms with E-state index in [1.165, 1.54) is 11.1 Å². The number of morpholine rings is 1. The molecule has 1 aromatic heterocycles. The van der Waals surface area contributed by atoms with Gasteiger partial charge in [-0.05, 0) is 13.8 Å². The third-order valence-corrected chi connectivity index (χ3v) is 4.35. The molecular formula is C15H20F3N3O3. The molecule has 1 spiro atoms. The zero-order valence-electron chi connectivity index (χ0n) is 13.6. The molecule has 2 aliphatic rings. The van der Waals surface area contributed by atoms with Crippen LogP contribution in [0.3, 0.4) is 0 Å². The van der Waals surface area contributed by atoms with E-state index in [4.69, 9.17) is 9.47 Å². The highest BCUT2D eigenvalue weighted by Crippen LogP contribution is 2.34. The number of carbonyl (C=O) groups excluding carboxylic acids is 1. The third-order valence-electron chi connectivity index (χ3n) is 4.35. The topological polar surface area (TPSA) is 56.6 Å². The molecule has 0 aromatic carbocycles. The maximum Gasteiger partial charge on any atom is 0.435 e. The molecular weight excluding hydrogens is 327 g/mol. The van der Waals surface area contributed by atoms with Gasteiger partial charge in [0.15, 0.2) is 5.69 Å². The molecule has 0 unspecified atom stereocenters. The minimum absolute atomic E-state index is 0.227. The Labute approximate surface area is 137 Å². The van der Waals surface area contributed by atoms with Crippen molar-refractivity contribution >= 4 is 5.91 Å². The molecule has 2 fully saturated rings. The Hall–Kier alpha value is -1.61. The number of aryl methyl sites for hydroxylation is 1. The zero-order chi connectivity index (χ0) is 17.5. The first-order chi connectivity index (χ1) is 11.2. The van der Waals surface area contributed by atoms with Gasteiger partial charge in [0.05, 0.1) is 24.8 Å². The average Bonchev–Trinajstić information content (AvgIpc) is 3.12. The van der Waals surface area contributed by atoms with Crippen molar-refractivity contribution in [3.63, 3.8) is 0 Å². The number of nitrogens with zero attached hydrogens (tertiary/aromatic N) is 3. The lowest BCUT2D eigenvalue weighted by molar-refractivity contribution is -0.143. The van der Waals surface area contributed by atoms with Crippen molar-refractivity contribution in [1.82, 2.24) is 14.7 Å². The van der Waals surface area contributed by atoms with Crippen molar-refractivity contribution in [3.8, 4) is 0 Å². The van der Waals surface area contributed by atoms with E-state index < -0.39 is 28.9 Å². The van der Waals surface area contributed by atoms with Gasteiger partial charge in [-0.1, -0.05) is 0 Å². The summed E-state index contributed by atoms with van der Waals surface area (Å²) >= 11 is 0. The van der Waals surface area contributed by atoms with Crippen LogP contribution in [0.15, 0.2) is 6.20 Å². The predicted octanol–water partition coefficient (Wildman–Crippen LogP) is 1.94. The van der Waals surface area contributed by atoms with Crippen LogP contribution in [0.25, 0.3) is 0 Å². The summed E-state index contributed by atoms with van der Waals surface area (Å²) in [5, 5.41) is 3.51. The van der Waals surface area contributed by atoms with E-state index in [0.29, 0.717) is 19.6 Å². The van der Waals surface area contributed by atoms with Gasteiger partial charge < -0.3 is 14.4 Å². The molecule has 2 saturated heterocycles. The molecule has 134 valence electrons. The van der Waals surface area contributed by atoms with Crippen LogP contribution in [0.1, 0.15) is 36.3 Å². The lowest BCUT2D eigenvalue weighted by Crippen LogP contribution is -2.57. The monoisotopic (exact) mass is 347 g/mol. The molecule has 0 bridgehead atoms. The molecule has 6 nitrogen and oxygen atoms in total. The van der Waals surface area contributed by atoms with E-state index in [9.17, 15) is 18.0 Å². The lowest BCUT2D eigenvalue weighted by Gasteiger charge is -2.42. The molecule has 9 heteroatoms. The third kappa shape index (κ3) is 3.14. The number of carbonyl (C=O) groups is 1. The first-order valence-corrected chi connectivity index (χ1v) is 7.93. The van der Waals surface area contributed by atoms with Crippen LogP contribution in [0, 0.1) is 0 Å². The summed E-state index contributed by atoms with van der Waals surface area (Å²) in [5.41, 5.74) is -2.16. The van der Waals surface area contributed by atoms with Crippen molar-refractivity contribution in [2.24, 2.45) is 0 Å². The summed E-state index contributed by atoms with van der Waals surface area (Å²) in [6.07, 6.45) is -3.14. The Morgan fingerprint density at radius 3 is 2.83 bits per heavy atom. The number of amides is 1. The number of hydrogen-bond donors (Lipinski definition) is 0. The normalized spacial score (nSPS) is 27.9. The lowest BCUT2D eigenvalue weighted by atomic mass is 9.98. The molecule has 3 rings (SSSR count). The van der Waals surface area contributed by atoms with Crippen molar-refractivity contribution < 1.29 is 27.4 Å². The Morgan fingerprint density at radius 2 is 2.25 bits per heavy atom. The van der Waals surface area contributed by atoms with Gasteiger partial charge in [0.2, 0.25) is 0 Å². The number of rotatable bonds is 2. The van der Waals surface area contributed by atoms with Crippen molar-refractivity contribution in [2.45, 2.75) is 44.7 Å². The highest BCUT2D eigenvalue weighted by molar-refractivity contribution is 5.95. The van der Waals surface area contributed by atoms with E-state index in [1.54, 1.807) is 13.8 Å². The Balaban J connectivity index is 1.89. The van der Waals surface area contributed by atoms with Crippen LogP contribution in [-0.2, 0) is 22.2 Å². The second-order valence-corrected chi connectivity index (χ2v) is 6.34. The van der Waals surface area contributed by atoms with Crippen molar-refractivity contribution in [2.75, 3.05) is 26.3 Å². The fraction of sp³-hybridized carbons (Fsp3) is 0.733. The molecule has 2 aliphatic heterocycles. The van der Waals surface area contributed by atoms with Gasteiger partial charge in [0, 0.05) is 32.3 Å². The Morgan fingerprint density at radius 1 is 1.50 bits per heavy atom. The number of ether oxygens (including phenoxy) is 2. The highest BCUT2D eigenvalue weighted by Gasteiger charge is 2.46. The summed E-state index contributed by atoms with van der Waals surface area (Å²) in [7, 11) is 0. The standard InChI is InChI=1S/C15H20F3N3O3/c1-3-21-7-11(12(19-21)15(16,17)18)13(22)20-6-10(2)24-14(8-20)4-5-23-9-14/h7,10H,3-6,8-9H2,1-2H3/t10-,14+/m1/s1. The van der Waals surface area contributed by atoms with E-state index >= 15 is 0 Å². The van der Waals surface area contributed by atoms with Crippen molar-refractivity contribution in [1.29, 1.82) is 0 Å². The van der Waals surface area contributed by atoms with Crippen LogP contribution < -0.4 is 0 Å². The number of aromatic nitrogens is 2. The molecule has 1 amide bonds. The number of hydrogen-bond acceptors (Lipinski definition) is 4. The average molecular weight is 347 g/mol. The molecule has 0 radical (unpaired) electrons. The summed E-state index contributed by atoms with van der Waals surface area (Å²) < 4.78 is 52.0. The summed E-state index contributed by atoms with van der Waals surface area (Å²) in [4.78, 5) is 14.2. The minimum Gasteiger partial charge on any atom is -0.378 e. The largest absolute Gasteiger partial charge is 0.435 e. The van der Waals surface area contributed by atoms with E-state index in [2.05, 4.69) is 5.10 Å². The summed E-state index contributed by atoms with van der Waals surface area (Å²) in [6, 6.07) is 0. The van der Waals surface area contributed by atoms with E-state index in [-0.39, 0.29) is 25.7 Å². The van der Waals surface area contributed by atoms with Crippen LogP contribution in [0.5, 0.6) is 0 Å². The zero-order valence-corrected chi connectivity index (χ0v) is 13.6. The quantitative estimate of drug-likeness (QED) is 0.820. The fourth-order valence-electron chi connectivity index (χ4n) is 3.30. The smallest absolute Gasteiger partial charge is 0.378 e. The minimum atomic E-state index is -4.67. The van der Waals surface area contributed by atoms with Gasteiger partial charge in [-0.2, -0.15) is 18.3 Å². The van der Waals surface area contributed by atoms with Crippen LogP contribution in [0.4, 0.5) is 13.2 Å². The molecule has 3 heterocycles. The first-order valence-electron chi connectivity index (χ1n) is 7.93. The van der Waals surface area contributed by atoms with Gasteiger partial charge in [-0.3, -0.25) is 9.48 Å². The summed E-state index contributed by atoms with van der Waals surface area (Å²) in [6.45, 7) is 5.08. The Bertz CT molecular complexity index is 623. The second-order valence-electron chi connectivity index (χ2n) is 6.34.